The van der Waals surface area contributed by atoms with Crippen LogP contribution < -0.4 is 10.5 Å². The summed E-state index contributed by atoms with van der Waals surface area (Å²) in [7, 11) is 10.9. The van der Waals surface area contributed by atoms with E-state index in [1.807, 2.05) is 0 Å². The number of hydrogen-bond acceptors (Lipinski definition) is 4. The lowest BCUT2D eigenvalue weighted by molar-refractivity contribution is 0.807. The standard InChI is InChI=1S/C8H9BBrN5O/c1-13(2)8-11-6-4(7(16)14(8)3)5(10)12-15(6)9/h1-3H3. The third-order valence-corrected chi connectivity index (χ3v) is 2.82. The lowest BCUT2D eigenvalue weighted by atomic mass is 10.4. The Balaban J connectivity index is 2.97. The third kappa shape index (κ3) is 1.44. The van der Waals surface area contributed by atoms with Crippen molar-refractivity contribution >= 4 is 40.9 Å². The van der Waals surface area contributed by atoms with Crippen LogP contribution in [0.4, 0.5) is 5.95 Å². The Labute approximate surface area is 101 Å². The fraction of sp³-hybridized carbons (Fsp3) is 0.375. The SMILES string of the molecule is [B]n1nc(Br)c2c(=O)n(C)c(N(C)C)nc21. The van der Waals surface area contributed by atoms with Gasteiger partial charge < -0.3 is 9.49 Å². The molecule has 6 nitrogen and oxygen atoms in total. The third-order valence-electron chi connectivity index (χ3n) is 2.27. The summed E-state index contributed by atoms with van der Waals surface area (Å²) in [6.07, 6.45) is 0. The first-order chi connectivity index (χ1) is 7.43. The molecule has 8 heteroatoms. The molecule has 0 aliphatic rings. The fourth-order valence-electron chi connectivity index (χ4n) is 1.52. The minimum Gasteiger partial charge on any atom is -0.348 e. The maximum atomic E-state index is 12.0. The van der Waals surface area contributed by atoms with Crippen LogP contribution >= 0.6 is 15.9 Å². The zero-order chi connectivity index (χ0) is 12.0. The van der Waals surface area contributed by atoms with Gasteiger partial charge in [-0.3, -0.25) is 9.36 Å². The second kappa shape index (κ2) is 3.62. The summed E-state index contributed by atoms with van der Waals surface area (Å²) in [5.74, 6) is 0.525. The molecule has 2 aromatic heterocycles. The molecule has 0 saturated carbocycles. The van der Waals surface area contributed by atoms with Gasteiger partial charge in [0.1, 0.15) is 9.99 Å². The molecule has 0 amide bonds. The van der Waals surface area contributed by atoms with Crippen molar-refractivity contribution in [3.05, 3.63) is 15.0 Å². The van der Waals surface area contributed by atoms with Gasteiger partial charge in [0.25, 0.3) is 13.5 Å². The molecule has 16 heavy (non-hydrogen) atoms. The molecule has 0 aliphatic carbocycles. The molecule has 0 saturated heterocycles. The number of halogens is 1. The Kier molecular flexibility index (Phi) is 2.53. The first kappa shape index (κ1) is 11.2. The van der Waals surface area contributed by atoms with Crippen LogP contribution in [0.25, 0.3) is 11.0 Å². The maximum absolute atomic E-state index is 12.0. The van der Waals surface area contributed by atoms with Gasteiger partial charge in [0.15, 0.2) is 5.65 Å². The molecule has 0 fully saturated rings. The minimum absolute atomic E-state index is 0.183. The van der Waals surface area contributed by atoms with Crippen LogP contribution in [0.15, 0.2) is 9.40 Å². The van der Waals surface area contributed by atoms with Crippen molar-refractivity contribution in [3.63, 3.8) is 0 Å². The average Bonchev–Trinajstić information content (AvgIpc) is 2.47. The molecule has 2 aromatic rings. The van der Waals surface area contributed by atoms with E-state index in [2.05, 4.69) is 26.0 Å². The zero-order valence-electron chi connectivity index (χ0n) is 9.10. The van der Waals surface area contributed by atoms with E-state index in [0.717, 1.165) is 4.59 Å². The molecule has 2 radical (unpaired) electrons. The maximum Gasteiger partial charge on any atom is 0.267 e. The molecule has 0 aromatic carbocycles. The Hall–Kier alpha value is -1.31. The molecule has 0 N–H and O–H groups in total. The first-order valence-corrected chi connectivity index (χ1v) is 5.30. The highest BCUT2D eigenvalue weighted by molar-refractivity contribution is 9.10. The van der Waals surface area contributed by atoms with Crippen molar-refractivity contribution in [2.75, 3.05) is 19.0 Å². The van der Waals surface area contributed by atoms with Crippen LogP contribution in [0.3, 0.4) is 0 Å². The van der Waals surface area contributed by atoms with E-state index in [1.165, 1.54) is 4.57 Å². The van der Waals surface area contributed by atoms with Crippen molar-refractivity contribution in [2.24, 2.45) is 7.05 Å². The van der Waals surface area contributed by atoms with Crippen LogP contribution in [-0.4, -0.2) is 41.3 Å². The smallest absolute Gasteiger partial charge is 0.267 e. The zero-order valence-corrected chi connectivity index (χ0v) is 10.7. The largest absolute Gasteiger partial charge is 0.348 e. The van der Waals surface area contributed by atoms with Gasteiger partial charge in [0.2, 0.25) is 5.95 Å². The minimum atomic E-state index is -0.183. The average molecular weight is 282 g/mol. The second-order valence-electron chi connectivity index (χ2n) is 3.60. The van der Waals surface area contributed by atoms with E-state index >= 15 is 0 Å². The monoisotopic (exact) mass is 281 g/mol. The van der Waals surface area contributed by atoms with Crippen LogP contribution in [0.2, 0.25) is 0 Å². The van der Waals surface area contributed by atoms with Crippen molar-refractivity contribution in [1.82, 2.24) is 19.2 Å². The quantitative estimate of drug-likeness (QED) is 0.685. The summed E-state index contributed by atoms with van der Waals surface area (Å²) in [6.45, 7) is 0. The van der Waals surface area contributed by atoms with Gasteiger partial charge in [-0.15, -0.1) is 0 Å². The Morgan fingerprint density at radius 3 is 2.62 bits per heavy atom. The summed E-state index contributed by atoms with van der Waals surface area (Å²) in [6, 6.07) is 0. The Morgan fingerprint density at radius 1 is 1.44 bits per heavy atom. The Morgan fingerprint density at radius 2 is 2.06 bits per heavy atom. The summed E-state index contributed by atoms with van der Waals surface area (Å²) in [4.78, 5) is 18.1. The molecular weight excluding hydrogens is 273 g/mol. The summed E-state index contributed by atoms with van der Waals surface area (Å²) in [5, 5.41) is 4.29. The van der Waals surface area contributed by atoms with E-state index in [-0.39, 0.29) is 5.56 Å². The topological polar surface area (TPSA) is 56.0 Å². The van der Waals surface area contributed by atoms with Gasteiger partial charge >= 0.3 is 0 Å². The summed E-state index contributed by atoms with van der Waals surface area (Å²) in [5.41, 5.74) is 0.177. The number of hydrogen-bond donors (Lipinski definition) is 0. The second-order valence-corrected chi connectivity index (χ2v) is 4.36. The van der Waals surface area contributed by atoms with Crippen molar-refractivity contribution < 1.29 is 0 Å². The van der Waals surface area contributed by atoms with Gasteiger partial charge in [0.05, 0.1) is 0 Å². The lowest BCUT2D eigenvalue weighted by Gasteiger charge is -2.14. The number of fused-ring (bicyclic) bond motifs is 1. The molecule has 82 valence electrons. The number of anilines is 1. The molecule has 0 atom stereocenters. The van der Waals surface area contributed by atoms with Crippen molar-refractivity contribution in [3.8, 4) is 0 Å². The van der Waals surface area contributed by atoms with Crippen molar-refractivity contribution in [2.45, 2.75) is 0 Å². The lowest BCUT2D eigenvalue weighted by Crippen LogP contribution is -2.26. The van der Waals surface area contributed by atoms with Crippen molar-refractivity contribution in [1.29, 1.82) is 0 Å². The molecular formula is C8H9BBrN5O. The van der Waals surface area contributed by atoms with E-state index in [0.29, 0.717) is 21.6 Å². The molecule has 0 aliphatic heterocycles. The van der Waals surface area contributed by atoms with E-state index in [1.54, 1.807) is 26.0 Å². The highest BCUT2D eigenvalue weighted by Crippen LogP contribution is 2.19. The summed E-state index contributed by atoms with van der Waals surface area (Å²) < 4.78 is 2.95. The molecule has 2 heterocycles. The normalized spacial score (nSPS) is 11.0. The number of nitrogens with zero attached hydrogens (tertiary/aromatic N) is 5. The number of aromatic nitrogens is 4. The van der Waals surface area contributed by atoms with E-state index < -0.39 is 0 Å². The van der Waals surface area contributed by atoms with Crippen LogP contribution in [0, 0.1) is 0 Å². The van der Waals surface area contributed by atoms with Gasteiger partial charge in [-0.1, -0.05) is 0 Å². The molecule has 2 rings (SSSR count). The van der Waals surface area contributed by atoms with Crippen LogP contribution in [-0.2, 0) is 7.05 Å². The van der Waals surface area contributed by atoms with Crippen LogP contribution in [0.5, 0.6) is 0 Å². The highest BCUT2D eigenvalue weighted by atomic mass is 79.9. The highest BCUT2D eigenvalue weighted by Gasteiger charge is 2.16. The van der Waals surface area contributed by atoms with Gasteiger partial charge in [-0.25, -0.2) is 0 Å². The predicted octanol–water partition coefficient (Wildman–Crippen LogP) is -0.110. The molecule has 0 spiro atoms. The van der Waals surface area contributed by atoms with Gasteiger partial charge in [-0.2, -0.15) is 10.1 Å². The van der Waals surface area contributed by atoms with Crippen LogP contribution in [0.1, 0.15) is 0 Å². The van der Waals surface area contributed by atoms with E-state index in [9.17, 15) is 4.79 Å². The molecule has 0 bridgehead atoms. The van der Waals surface area contributed by atoms with E-state index in [4.69, 9.17) is 7.98 Å². The summed E-state index contributed by atoms with van der Waals surface area (Å²) >= 11 is 3.19. The predicted molar refractivity (Wildman–Crippen MR) is 65.9 cm³/mol. The fourth-order valence-corrected chi connectivity index (χ4v) is 2.04. The number of rotatable bonds is 1. The van der Waals surface area contributed by atoms with Gasteiger partial charge in [0, 0.05) is 21.1 Å². The first-order valence-electron chi connectivity index (χ1n) is 4.51. The van der Waals surface area contributed by atoms with Gasteiger partial charge in [-0.05, 0) is 15.9 Å². The Bertz CT molecular complexity index is 617. The molecule has 0 unspecified atom stereocenters.